The number of carbonyl (C=O) groups is 1. The third kappa shape index (κ3) is 3.09. The molecule has 4 rings (SSSR count). The Hall–Kier alpha value is -2.47. The first-order chi connectivity index (χ1) is 12.2. The van der Waals surface area contributed by atoms with Gasteiger partial charge in [-0.1, -0.05) is 37.5 Å². The van der Waals surface area contributed by atoms with Gasteiger partial charge in [0.2, 0.25) is 11.8 Å². The second kappa shape index (κ2) is 6.80. The summed E-state index contributed by atoms with van der Waals surface area (Å²) >= 11 is 1.53. The van der Waals surface area contributed by atoms with Gasteiger partial charge in [-0.05, 0) is 41.8 Å². The Morgan fingerprint density at radius 3 is 2.60 bits per heavy atom. The summed E-state index contributed by atoms with van der Waals surface area (Å²) in [5.41, 5.74) is 7.90. The van der Waals surface area contributed by atoms with E-state index in [1.54, 1.807) is 0 Å². The fraction of sp³-hybridized carbons (Fsp3) is 0.316. The van der Waals surface area contributed by atoms with Crippen LogP contribution in [0.4, 0.5) is 0 Å². The van der Waals surface area contributed by atoms with Crippen LogP contribution in [-0.4, -0.2) is 16.1 Å². The topological polar surface area (TPSA) is 82.0 Å². The van der Waals surface area contributed by atoms with Gasteiger partial charge < -0.3 is 10.2 Å². The summed E-state index contributed by atoms with van der Waals surface area (Å²) in [7, 11) is 0. The third-order valence-electron chi connectivity index (χ3n) is 4.78. The molecule has 3 aromatic rings. The molecule has 0 saturated heterocycles. The molecule has 1 fully saturated rings. The van der Waals surface area contributed by atoms with Crippen molar-refractivity contribution in [3.63, 3.8) is 0 Å². The van der Waals surface area contributed by atoms with Gasteiger partial charge in [0.25, 0.3) is 5.89 Å². The molecule has 25 heavy (non-hydrogen) atoms. The van der Waals surface area contributed by atoms with E-state index in [4.69, 9.17) is 10.2 Å². The van der Waals surface area contributed by atoms with Crippen molar-refractivity contribution in [1.82, 2.24) is 10.2 Å². The van der Waals surface area contributed by atoms with E-state index in [2.05, 4.69) is 10.2 Å². The minimum atomic E-state index is -0.438. The van der Waals surface area contributed by atoms with Crippen LogP contribution in [-0.2, 0) is 0 Å². The second-order valence-electron chi connectivity index (χ2n) is 6.36. The monoisotopic (exact) mass is 353 g/mol. The van der Waals surface area contributed by atoms with Crippen molar-refractivity contribution >= 4 is 17.2 Å². The van der Waals surface area contributed by atoms with Gasteiger partial charge in [0.05, 0.1) is 16.0 Å². The van der Waals surface area contributed by atoms with Crippen molar-refractivity contribution in [3.8, 4) is 22.2 Å². The highest BCUT2D eigenvalue weighted by Gasteiger charge is 2.25. The van der Waals surface area contributed by atoms with Crippen LogP contribution in [0.15, 0.2) is 40.1 Å². The highest BCUT2D eigenvalue weighted by atomic mass is 32.1. The number of benzene rings is 1. The molecular weight excluding hydrogens is 334 g/mol. The number of carbonyl (C=O) groups excluding carboxylic acids is 1. The van der Waals surface area contributed by atoms with Gasteiger partial charge >= 0.3 is 0 Å². The predicted octanol–water partition coefficient (Wildman–Crippen LogP) is 4.61. The highest BCUT2D eigenvalue weighted by molar-refractivity contribution is 7.13. The number of nitrogens with zero attached hydrogens (tertiary/aromatic N) is 2. The molecule has 0 bridgehead atoms. The van der Waals surface area contributed by atoms with Crippen LogP contribution in [0.3, 0.4) is 0 Å². The Kier molecular flexibility index (Phi) is 4.36. The normalized spacial score (nSPS) is 15.4. The van der Waals surface area contributed by atoms with Crippen molar-refractivity contribution in [2.24, 2.45) is 5.73 Å². The van der Waals surface area contributed by atoms with Crippen LogP contribution >= 0.6 is 11.3 Å². The molecule has 0 aliphatic heterocycles. The van der Waals surface area contributed by atoms with E-state index < -0.39 is 5.91 Å². The molecule has 0 unspecified atom stereocenters. The molecule has 0 atom stereocenters. The second-order valence-corrected chi connectivity index (χ2v) is 7.31. The van der Waals surface area contributed by atoms with E-state index in [9.17, 15) is 4.79 Å². The first-order valence-electron chi connectivity index (χ1n) is 8.54. The molecule has 2 heterocycles. The Labute approximate surface area is 149 Å². The van der Waals surface area contributed by atoms with Crippen LogP contribution < -0.4 is 5.73 Å². The summed E-state index contributed by atoms with van der Waals surface area (Å²) in [6.45, 7) is 0. The number of hydrogen-bond donors (Lipinski definition) is 1. The molecule has 5 nitrogen and oxygen atoms in total. The number of aromatic nitrogens is 2. The SMILES string of the molecule is NC(=O)c1c(-c2nnc(-c3cccs3)o2)cccc1C1CCCCC1. The molecule has 2 aromatic heterocycles. The van der Waals surface area contributed by atoms with E-state index in [0.717, 1.165) is 23.3 Å². The van der Waals surface area contributed by atoms with Crippen LogP contribution in [0, 0.1) is 0 Å². The van der Waals surface area contributed by atoms with E-state index in [1.165, 1.54) is 30.6 Å². The molecular formula is C19H19N3O2S. The first-order valence-corrected chi connectivity index (χ1v) is 9.42. The molecule has 0 radical (unpaired) electrons. The molecule has 2 N–H and O–H groups in total. The van der Waals surface area contributed by atoms with E-state index in [1.807, 2.05) is 35.7 Å². The highest BCUT2D eigenvalue weighted by Crippen LogP contribution is 2.38. The fourth-order valence-electron chi connectivity index (χ4n) is 3.61. The maximum atomic E-state index is 12.2. The maximum absolute atomic E-state index is 12.2. The van der Waals surface area contributed by atoms with Crippen molar-refractivity contribution in [2.75, 3.05) is 0 Å². The minimum absolute atomic E-state index is 0.342. The van der Waals surface area contributed by atoms with E-state index in [-0.39, 0.29) is 0 Å². The van der Waals surface area contributed by atoms with Crippen molar-refractivity contribution < 1.29 is 9.21 Å². The van der Waals surface area contributed by atoms with Gasteiger partial charge in [-0.2, -0.15) is 0 Å². The zero-order valence-corrected chi connectivity index (χ0v) is 14.6. The summed E-state index contributed by atoms with van der Waals surface area (Å²) < 4.78 is 5.83. The van der Waals surface area contributed by atoms with Crippen LogP contribution in [0.1, 0.15) is 53.9 Å². The van der Waals surface area contributed by atoms with Crippen molar-refractivity contribution in [2.45, 2.75) is 38.0 Å². The summed E-state index contributed by atoms with van der Waals surface area (Å²) in [6, 6.07) is 9.65. The Morgan fingerprint density at radius 1 is 1.08 bits per heavy atom. The van der Waals surface area contributed by atoms with Crippen molar-refractivity contribution in [1.29, 1.82) is 0 Å². The summed E-state index contributed by atoms with van der Waals surface area (Å²) in [5.74, 6) is 0.737. The molecule has 1 saturated carbocycles. The lowest BCUT2D eigenvalue weighted by molar-refractivity contribution is 0.0999. The number of hydrogen-bond acceptors (Lipinski definition) is 5. The molecule has 1 aromatic carbocycles. The number of nitrogens with two attached hydrogens (primary N) is 1. The van der Waals surface area contributed by atoms with Crippen LogP contribution in [0.2, 0.25) is 0 Å². The lowest BCUT2D eigenvalue weighted by Crippen LogP contribution is -2.18. The lowest BCUT2D eigenvalue weighted by atomic mass is 9.81. The molecule has 128 valence electrons. The molecule has 0 spiro atoms. The Morgan fingerprint density at radius 2 is 1.88 bits per heavy atom. The number of primary amides is 1. The molecule has 1 aliphatic rings. The molecule has 6 heteroatoms. The predicted molar refractivity (Wildman–Crippen MR) is 97.4 cm³/mol. The van der Waals surface area contributed by atoms with Gasteiger partial charge in [0.1, 0.15) is 0 Å². The zero-order valence-electron chi connectivity index (χ0n) is 13.8. The maximum Gasteiger partial charge on any atom is 0.258 e. The average molecular weight is 353 g/mol. The van der Waals surface area contributed by atoms with E-state index >= 15 is 0 Å². The minimum Gasteiger partial charge on any atom is -0.415 e. The van der Waals surface area contributed by atoms with Gasteiger partial charge in [-0.25, -0.2) is 0 Å². The quantitative estimate of drug-likeness (QED) is 0.742. The first kappa shape index (κ1) is 16.0. The standard InChI is InChI=1S/C19H19N3O2S/c20-17(23)16-13(12-6-2-1-3-7-12)8-4-9-14(16)18-21-22-19(24-18)15-10-5-11-25-15/h4-5,8-12H,1-3,6-7H2,(H2,20,23). The van der Waals surface area contributed by atoms with E-state index in [0.29, 0.717) is 28.8 Å². The van der Waals surface area contributed by atoms with Gasteiger partial charge in [0.15, 0.2) is 0 Å². The van der Waals surface area contributed by atoms with Crippen molar-refractivity contribution in [3.05, 3.63) is 46.8 Å². The summed E-state index contributed by atoms with van der Waals surface area (Å²) in [4.78, 5) is 13.1. The summed E-state index contributed by atoms with van der Waals surface area (Å²) in [6.07, 6.45) is 5.82. The smallest absolute Gasteiger partial charge is 0.258 e. The van der Waals surface area contributed by atoms with Gasteiger partial charge in [-0.3, -0.25) is 4.79 Å². The Bertz CT molecular complexity index is 880. The van der Waals surface area contributed by atoms with Gasteiger partial charge in [0, 0.05) is 0 Å². The number of rotatable bonds is 4. The number of amides is 1. The molecule has 1 amide bonds. The molecule has 1 aliphatic carbocycles. The largest absolute Gasteiger partial charge is 0.415 e. The fourth-order valence-corrected chi connectivity index (χ4v) is 4.25. The van der Waals surface area contributed by atoms with Crippen LogP contribution in [0.5, 0.6) is 0 Å². The van der Waals surface area contributed by atoms with Gasteiger partial charge in [-0.15, -0.1) is 21.5 Å². The Balaban J connectivity index is 1.78. The average Bonchev–Trinajstić information content (AvgIpc) is 3.33. The van der Waals surface area contributed by atoms with Crippen LogP contribution in [0.25, 0.3) is 22.2 Å². The third-order valence-corrected chi connectivity index (χ3v) is 5.63. The summed E-state index contributed by atoms with van der Waals surface area (Å²) in [5, 5.41) is 10.2. The number of thiophene rings is 1. The zero-order chi connectivity index (χ0) is 17.2. The lowest BCUT2D eigenvalue weighted by Gasteiger charge is -2.24.